The molecule has 0 radical (unpaired) electrons. The van der Waals surface area contributed by atoms with Crippen molar-refractivity contribution in [2.24, 2.45) is 0 Å². The number of ether oxygens (including phenoxy) is 1. The summed E-state index contributed by atoms with van der Waals surface area (Å²) in [5.74, 6) is 2.05. The fourth-order valence-electron chi connectivity index (χ4n) is 4.53. The van der Waals surface area contributed by atoms with E-state index >= 15 is 0 Å². The minimum absolute atomic E-state index is 0.0901. The third kappa shape index (κ3) is 4.72. The third-order valence-electron chi connectivity index (χ3n) is 6.32. The predicted octanol–water partition coefficient (Wildman–Crippen LogP) is 5.54. The summed E-state index contributed by atoms with van der Waals surface area (Å²) in [4.78, 5) is 5.03. The predicted molar refractivity (Wildman–Crippen MR) is 127 cm³/mol. The van der Waals surface area contributed by atoms with Crippen LogP contribution in [0.4, 0.5) is 16.0 Å². The van der Waals surface area contributed by atoms with Gasteiger partial charge in [0.05, 0.1) is 17.7 Å². The quantitative estimate of drug-likeness (QED) is 0.298. The van der Waals surface area contributed by atoms with Crippen molar-refractivity contribution < 1.29 is 13.5 Å². The molecule has 1 aliphatic carbocycles. The number of hydrogen-bond acceptors (Lipinski definition) is 7. The Morgan fingerprint density at radius 2 is 2.00 bits per heavy atom. The second-order valence-electron chi connectivity index (χ2n) is 8.69. The van der Waals surface area contributed by atoms with Crippen LogP contribution in [-0.2, 0) is 11.8 Å². The highest BCUT2D eigenvalue weighted by Gasteiger charge is 2.42. The summed E-state index contributed by atoms with van der Waals surface area (Å²) in [6, 6.07) is 12.9. The summed E-state index contributed by atoms with van der Waals surface area (Å²) >= 11 is 5.15. The number of aromatic nitrogens is 5. The Hall–Kier alpha value is -3.53. The number of nitrogens with one attached hydrogen (secondary N) is 3. The number of nitrogens with zero attached hydrogens (tertiary/aromatic N) is 3. The van der Waals surface area contributed by atoms with Gasteiger partial charge in [-0.05, 0) is 68.6 Å². The van der Waals surface area contributed by atoms with E-state index in [2.05, 4.69) is 25.7 Å². The number of aromatic amines is 2. The highest BCUT2D eigenvalue weighted by molar-refractivity contribution is 7.71. The van der Waals surface area contributed by atoms with Crippen LogP contribution in [0.15, 0.2) is 53.1 Å². The molecule has 1 saturated carbocycles. The molecule has 10 heteroatoms. The smallest absolute Gasteiger partial charge is 0.284 e. The molecule has 176 valence electrons. The zero-order chi connectivity index (χ0) is 23.5. The SMILES string of the molecule is Cc1cccc(OC2CCC(Cc3cccc(Nc4ccn[nH]4)n3)(c3n[nH]c(=S)o3)CC2)c1F. The minimum atomic E-state index is -0.391. The molecular weight excluding hydrogens is 455 g/mol. The van der Waals surface area contributed by atoms with E-state index < -0.39 is 5.41 Å². The molecule has 0 saturated heterocycles. The van der Waals surface area contributed by atoms with Gasteiger partial charge in [-0.25, -0.2) is 14.5 Å². The van der Waals surface area contributed by atoms with Gasteiger partial charge in [-0.2, -0.15) is 5.10 Å². The van der Waals surface area contributed by atoms with Crippen LogP contribution in [-0.4, -0.2) is 31.5 Å². The molecule has 1 aliphatic rings. The lowest BCUT2D eigenvalue weighted by atomic mass is 9.70. The van der Waals surface area contributed by atoms with E-state index in [0.717, 1.165) is 37.2 Å². The number of anilines is 2. The Kier molecular flexibility index (Phi) is 6.14. The molecule has 0 bridgehead atoms. The largest absolute Gasteiger partial charge is 0.487 e. The molecule has 3 aromatic heterocycles. The molecule has 0 amide bonds. The van der Waals surface area contributed by atoms with Gasteiger partial charge >= 0.3 is 0 Å². The van der Waals surface area contributed by atoms with Gasteiger partial charge in [-0.3, -0.25) is 5.10 Å². The van der Waals surface area contributed by atoms with Crippen LogP contribution in [0.1, 0.15) is 42.8 Å². The van der Waals surface area contributed by atoms with Gasteiger partial charge in [-0.1, -0.05) is 18.2 Å². The summed E-state index contributed by atoms with van der Waals surface area (Å²) < 4.78 is 26.3. The average Bonchev–Trinajstić information content (AvgIpc) is 3.51. The number of hydrogen-bond donors (Lipinski definition) is 3. The highest BCUT2D eigenvalue weighted by atomic mass is 32.1. The Morgan fingerprint density at radius 3 is 2.74 bits per heavy atom. The van der Waals surface area contributed by atoms with Gasteiger partial charge in [0.2, 0.25) is 5.89 Å². The van der Waals surface area contributed by atoms with Gasteiger partial charge in [0.1, 0.15) is 11.6 Å². The van der Waals surface area contributed by atoms with Gasteiger partial charge in [0, 0.05) is 18.2 Å². The first-order chi connectivity index (χ1) is 16.5. The molecule has 0 spiro atoms. The second-order valence-corrected chi connectivity index (χ2v) is 9.06. The van der Waals surface area contributed by atoms with Crippen molar-refractivity contribution in [2.45, 2.75) is 50.5 Å². The molecule has 8 nitrogen and oxygen atoms in total. The normalized spacial score (nSPS) is 20.2. The zero-order valence-electron chi connectivity index (χ0n) is 18.7. The monoisotopic (exact) mass is 480 g/mol. The van der Waals surface area contributed by atoms with Gasteiger partial charge < -0.3 is 14.5 Å². The molecule has 3 heterocycles. The molecule has 5 rings (SSSR count). The summed E-state index contributed by atoms with van der Waals surface area (Å²) in [7, 11) is 0. The van der Waals surface area contributed by atoms with Crippen molar-refractivity contribution in [3.05, 3.63) is 76.5 Å². The lowest BCUT2D eigenvalue weighted by molar-refractivity contribution is 0.0992. The first kappa shape index (κ1) is 22.3. The molecule has 4 aromatic rings. The maximum atomic E-state index is 14.5. The van der Waals surface area contributed by atoms with Crippen LogP contribution in [0.25, 0.3) is 0 Å². The van der Waals surface area contributed by atoms with Crippen molar-refractivity contribution in [1.29, 1.82) is 0 Å². The second kappa shape index (κ2) is 9.38. The molecule has 1 aromatic carbocycles. The van der Waals surface area contributed by atoms with E-state index in [1.165, 1.54) is 0 Å². The van der Waals surface area contributed by atoms with E-state index in [0.29, 0.717) is 29.4 Å². The Labute approximate surface area is 201 Å². The minimum Gasteiger partial charge on any atom is -0.487 e. The van der Waals surface area contributed by atoms with Crippen molar-refractivity contribution in [3.8, 4) is 5.75 Å². The fourth-order valence-corrected chi connectivity index (χ4v) is 4.66. The van der Waals surface area contributed by atoms with Crippen LogP contribution in [0.3, 0.4) is 0 Å². The summed E-state index contributed by atoms with van der Waals surface area (Å²) in [6.45, 7) is 1.74. The van der Waals surface area contributed by atoms with E-state index in [1.54, 1.807) is 25.3 Å². The average molecular weight is 481 g/mol. The topological polar surface area (TPSA) is 105 Å². The van der Waals surface area contributed by atoms with Crippen molar-refractivity contribution >= 4 is 23.9 Å². The molecular formula is C24H25FN6O2S. The maximum Gasteiger partial charge on any atom is 0.284 e. The number of halogens is 1. The molecule has 1 fully saturated rings. The van der Waals surface area contributed by atoms with E-state index in [9.17, 15) is 4.39 Å². The molecule has 0 unspecified atom stereocenters. The lowest BCUT2D eigenvalue weighted by Crippen LogP contribution is -2.38. The molecule has 0 atom stereocenters. The molecule has 34 heavy (non-hydrogen) atoms. The first-order valence-corrected chi connectivity index (χ1v) is 11.6. The van der Waals surface area contributed by atoms with Crippen LogP contribution < -0.4 is 10.1 Å². The van der Waals surface area contributed by atoms with Crippen LogP contribution in [0, 0.1) is 17.6 Å². The standard InChI is InChI=1S/C24H25FN6O2S/c1-15-4-2-6-18(21(15)25)32-17-8-11-24(12-9-17,22-30-31-23(34)33-22)14-16-5-3-7-19(27-16)28-20-10-13-26-29-20/h2-7,10,13,17H,8-9,11-12,14H2,1H3,(H,31,34)(H2,26,27,28,29). The van der Waals surface area contributed by atoms with Crippen LogP contribution >= 0.6 is 12.2 Å². The Bertz CT molecular complexity index is 1310. The van der Waals surface area contributed by atoms with Gasteiger partial charge in [0.25, 0.3) is 4.84 Å². The van der Waals surface area contributed by atoms with E-state index in [4.69, 9.17) is 26.4 Å². The van der Waals surface area contributed by atoms with Crippen molar-refractivity contribution in [2.75, 3.05) is 5.32 Å². The van der Waals surface area contributed by atoms with Gasteiger partial charge in [0.15, 0.2) is 11.6 Å². The Morgan fingerprint density at radius 1 is 1.18 bits per heavy atom. The fraction of sp³-hybridized carbons (Fsp3) is 0.333. The summed E-state index contributed by atoms with van der Waals surface area (Å²) in [5.41, 5.74) is 1.08. The van der Waals surface area contributed by atoms with Crippen molar-refractivity contribution in [1.82, 2.24) is 25.4 Å². The van der Waals surface area contributed by atoms with Crippen LogP contribution in [0.2, 0.25) is 0 Å². The van der Waals surface area contributed by atoms with E-state index in [-0.39, 0.29) is 16.8 Å². The number of H-pyrrole nitrogens is 2. The lowest BCUT2D eigenvalue weighted by Gasteiger charge is -2.37. The number of pyridine rings is 1. The number of benzene rings is 1. The first-order valence-electron chi connectivity index (χ1n) is 11.2. The highest BCUT2D eigenvalue weighted by Crippen LogP contribution is 2.42. The van der Waals surface area contributed by atoms with E-state index in [1.807, 2.05) is 30.3 Å². The van der Waals surface area contributed by atoms with Crippen LogP contribution in [0.5, 0.6) is 5.75 Å². The molecule has 0 aliphatic heterocycles. The van der Waals surface area contributed by atoms with Gasteiger partial charge in [-0.15, -0.1) is 5.10 Å². The Balaban J connectivity index is 1.35. The number of aryl methyl sites for hydroxylation is 1. The summed E-state index contributed by atoms with van der Waals surface area (Å²) in [6.07, 6.45) is 5.16. The summed E-state index contributed by atoms with van der Waals surface area (Å²) in [5, 5.41) is 17.2. The molecule has 3 N–H and O–H groups in total. The zero-order valence-corrected chi connectivity index (χ0v) is 19.5. The third-order valence-corrected chi connectivity index (χ3v) is 6.50. The maximum absolute atomic E-state index is 14.5. The van der Waals surface area contributed by atoms with Crippen molar-refractivity contribution in [3.63, 3.8) is 0 Å². The number of rotatable bonds is 7.